The molecule has 2 aromatic rings. The monoisotopic (exact) mass is 365 g/mol. The molecule has 0 radical (unpaired) electrons. The average Bonchev–Trinajstić information content (AvgIpc) is 2.53. The van der Waals surface area contributed by atoms with Gasteiger partial charge in [-0.1, -0.05) is 30.1 Å². The third-order valence-electron chi connectivity index (χ3n) is 4.08. The van der Waals surface area contributed by atoms with Gasteiger partial charge in [-0.15, -0.1) is 0 Å². The van der Waals surface area contributed by atoms with Crippen LogP contribution in [0.4, 0.5) is 17.5 Å². The molecule has 5 nitrogen and oxygen atoms in total. The van der Waals surface area contributed by atoms with Crippen LogP contribution < -0.4 is 10.2 Å². The van der Waals surface area contributed by atoms with Crippen molar-refractivity contribution in [1.82, 2.24) is 14.9 Å². The lowest BCUT2D eigenvalue weighted by molar-refractivity contribution is 0.270. The van der Waals surface area contributed by atoms with Gasteiger partial charge < -0.3 is 15.1 Å². The first-order chi connectivity index (χ1) is 11.5. The second-order valence-corrected chi connectivity index (χ2v) is 6.77. The van der Waals surface area contributed by atoms with Crippen molar-refractivity contribution >= 4 is 40.7 Å². The Kier molecular flexibility index (Phi) is 5.43. The first-order valence-electron chi connectivity index (χ1n) is 8.09. The predicted octanol–water partition coefficient (Wildman–Crippen LogP) is 3.98. The highest BCUT2D eigenvalue weighted by Crippen LogP contribution is 2.25. The first kappa shape index (κ1) is 17.3. The van der Waals surface area contributed by atoms with Gasteiger partial charge in [0.15, 0.2) is 0 Å². The maximum atomic E-state index is 6.06. The molecule has 0 amide bonds. The molecule has 1 N–H and O–H groups in total. The molecule has 0 spiro atoms. The summed E-state index contributed by atoms with van der Waals surface area (Å²) in [6.45, 7) is 9.23. The van der Waals surface area contributed by atoms with Gasteiger partial charge in [0.1, 0.15) is 5.82 Å². The van der Waals surface area contributed by atoms with E-state index in [2.05, 4.69) is 32.0 Å². The summed E-state index contributed by atoms with van der Waals surface area (Å²) in [7, 11) is 0. The van der Waals surface area contributed by atoms with Crippen molar-refractivity contribution in [1.29, 1.82) is 0 Å². The molecule has 0 unspecified atom stereocenters. The molecule has 1 fully saturated rings. The molecule has 2 heterocycles. The smallest absolute Gasteiger partial charge is 0.227 e. The van der Waals surface area contributed by atoms with E-state index in [4.69, 9.17) is 23.2 Å². The summed E-state index contributed by atoms with van der Waals surface area (Å²) in [5.74, 6) is 1.51. The van der Waals surface area contributed by atoms with E-state index < -0.39 is 0 Å². The van der Waals surface area contributed by atoms with Gasteiger partial charge in [0, 0.05) is 53.7 Å². The Morgan fingerprint density at radius 2 is 1.67 bits per heavy atom. The Labute approximate surface area is 152 Å². The number of halogens is 2. The maximum absolute atomic E-state index is 6.06. The molecule has 1 aromatic carbocycles. The van der Waals surface area contributed by atoms with E-state index in [0.29, 0.717) is 10.0 Å². The molecule has 0 bridgehead atoms. The topological polar surface area (TPSA) is 44.3 Å². The van der Waals surface area contributed by atoms with Gasteiger partial charge in [-0.3, -0.25) is 0 Å². The summed E-state index contributed by atoms with van der Waals surface area (Å²) >= 11 is 12.1. The van der Waals surface area contributed by atoms with E-state index in [0.717, 1.165) is 55.9 Å². The minimum absolute atomic E-state index is 0.590. The molecule has 24 heavy (non-hydrogen) atoms. The van der Waals surface area contributed by atoms with Crippen LogP contribution in [0.2, 0.25) is 10.0 Å². The molecule has 3 rings (SSSR count). The minimum atomic E-state index is 0.590. The Balaban J connectivity index is 1.79. The zero-order chi connectivity index (χ0) is 17.1. The Morgan fingerprint density at radius 3 is 2.29 bits per heavy atom. The Hall–Kier alpha value is -1.56. The standard InChI is InChI=1S/C17H21Cl2N5/c1-3-23-4-6-24(7-5-23)17-20-12(2)8-16(22-17)21-15-10-13(18)9-14(19)11-15/h8-11H,3-7H2,1-2H3,(H,20,21,22). The summed E-state index contributed by atoms with van der Waals surface area (Å²) in [6, 6.07) is 7.27. The number of nitrogens with one attached hydrogen (secondary N) is 1. The van der Waals surface area contributed by atoms with Crippen molar-refractivity contribution in [3.8, 4) is 0 Å². The Morgan fingerprint density at radius 1 is 1.00 bits per heavy atom. The molecule has 1 aliphatic rings. The van der Waals surface area contributed by atoms with E-state index >= 15 is 0 Å². The van der Waals surface area contributed by atoms with Crippen LogP contribution in [0.3, 0.4) is 0 Å². The number of hydrogen-bond donors (Lipinski definition) is 1. The van der Waals surface area contributed by atoms with E-state index in [1.807, 2.05) is 25.1 Å². The summed E-state index contributed by atoms with van der Waals surface area (Å²) in [5.41, 5.74) is 1.74. The molecular weight excluding hydrogens is 345 g/mol. The van der Waals surface area contributed by atoms with E-state index in [-0.39, 0.29) is 0 Å². The number of nitrogens with zero attached hydrogens (tertiary/aromatic N) is 4. The predicted molar refractivity (Wildman–Crippen MR) is 101 cm³/mol. The summed E-state index contributed by atoms with van der Waals surface area (Å²) in [6.07, 6.45) is 0. The van der Waals surface area contributed by atoms with Gasteiger partial charge in [0.05, 0.1) is 0 Å². The molecule has 1 aromatic heterocycles. The fraction of sp³-hybridized carbons (Fsp3) is 0.412. The van der Waals surface area contributed by atoms with Crippen molar-refractivity contribution in [2.45, 2.75) is 13.8 Å². The van der Waals surface area contributed by atoms with Crippen LogP contribution in [0.5, 0.6) is 0 Å². The molecule has 0 aliphatic carbocycles. The van der Waals surface area contributed by atoms with Crippen LogP contribution in [-0.4, -0.2) is 47.6 Å². The largest absolute Gasteiger partial charge is 0.340 e. The third kappa shape index (κ3) is 4.29. The minimum Gasteiger partial charge on any atom is -0.340 e. The number of anilines is 3. The molecule has 1 aliphatic heterocycles. The van der Waals surface area contributed by atoms with Crippen LogP contribution >= 0.6 is 23.2 Å². The van der Waals surface area contributed by atoms with E-state index in [9.17, 15) is 0 Å². The highest BCUT2D eigenvalue weighted by Gasteiger charge is 2.18. The van der Waals surface area contributed by atoms with Gasteiger partial charge >= 0.3 is 0 Å². The number of piperazine rings is 1. The fourth-order valence-corrected chi connectivity index (χ4v) is 3.32. The molecule has 1 saturated heterocycles. The number of hydrogen-bond acceptors (Lipinski definition) is 5. The lowest BCUT2D eigenvalue weighted by Gasteiger charge is -2.34. The maximum Gasteiger partial charge on any atom is 0.227 e. The van der Waals surface area contributed by atoms with E-state index in [1.165, 1.54) is 0 Å². The number of benzene rings is 1. The number of likely N-dealkylation sites (N-methyl/N-ethyl adjacent to an activating group) is 1. The van der Waals surface area contributed by atoms with Crippen molar-refractivity contribution in [3.63, 3.8) is 0 Å². The lowest BCUT2D eigenvalue weighted by Crippen LogP contribution is -2.46. The van der Waals surface area contributed by atoms with Crippen LogP contribution in [0, 0.1) is 6.92 Å². The van der Waals surface area contributed by atoms with Crippen molar-refractivity contribution in [2.24, 2.45) is 0 Å². The zero-order valence-corrected chi connectivity index (χ0v) is 15.4. The van der Waals surface area contributed by atoms with Gasteiger partial charge in [-0.25, -0.2) is 4.98 Å². The highest BCUT2D eigenvalue weighted by atomic mass is 35.5. The zero-order valence-electron chi connectivity index (χ0n) is 13.9. The highest BCUT2D eigenvalue weighted by molar-refractivity contribution is 6.35. The number of rotatable bonds is 4. The number of aromatic nitrogens is 2. The lowest BCUT2D eigenvalue weighted by atomic mass is 10.3. The van der Waals surface area contributed by atoms with Crippen LogP contribution in [0.15, 0.2) is 24.3 Å². The van der Waals surface area contributed by atoms with Gasteiger partial charge in [-0.2, -0.15) is 4.98 Å². The first-order valence-corrected chi connectivity index (χ1v) is 8.85. The number of aryl methyl sites for hydroxylation is 1. The van der Waals surface area contributed by atoms with Gasteiger partial charge in [-0.05, 0) is 31.7 Å². The molecule has 7 heteroatoms. The molecule has 0 saturated carbocycles. The van der Waals surface area contributed by atoms with Gasteiger partial charge in [0.2, 0.25) is 5.95 Å². The average molecular weight is 366 g/mol. The van der Waals surface area contributed by atoms with Crippen LogP contribution in [0.1, 0.15) is 12.6 Å². The summed E-state index contributed by atoms with van der Waals surface area (Å²) < 4.78 is 0. The molecular formula is C17H21Cl2N5. The SMILES string of the molecule is CCN1CCN(c2nc(C)cc(Nc3cc(Cl)cc(Cl)c3)n2)CC1. The normalized spacial score (nSPS) is 15.6. The molecule has 0 atom stereocenters. The fourth-order valence-electron chi connectivity index (χ4n) is 2.80. The molecule has 128 valence electrons. The second kappa shape index (κ2) is 7.55. The second-order valence-electron chi connectivity index (χ2n) is 5.90. The van der Waals surface area contributed by atoms with E-state index in [1.54, 1.807) is 6.07 Å². The summed E-state index contributed by atoms with van der Waals surface area (Å²) in [4.78, 5) is 13.9. The van der Waals surface area contributed by atoms with Crippen LogP contribution in [0.25, 0.3) is 0 Å². The van der Waals surface area contributed by atoms with Crippen molar-refractivity contribution in [2.75, 3.05) is 42.9 Å². The summed E-state index contributed by atoms with van der Waals surface area (Å²) in [5, 5.41) is 4.45. The Bertz CT molecular complexity index is 694. The van der Waals surface area contributed by atoms with Crippen molar-refractivity contribution in [3.05, 3.63) is 40.0 Å². The van der Waals surface area contributed by atoms with Gasteiger partial charge in [0.25, 0.3) is 0 Å². The third-order valence-corrected chi connectivity index (χ3v) is 4.52. The van der Waals surface area contributed by atoms with Crippen LogP contribution in [-0.2, 0) is 0 Å². The quantitative estimate of drug-likeness (QED) is 0.887. The van der Waals surface area contributed by atoms with Crippen molar-refractivity contribution < 1.29 is 0 Å².